The van der Waals surface area contributed by atoms with Gasteiger partial charge in [0.2, 0.25) is 0 Å². The van der Waals surface area contributed by atoms with Gasteiger partial charge in [0.25, 0.3) is 0 Å². The number of nitrogens with zero attached hydrogens (tertiary/aromatic N) is 1. The summed E-state index contributed by atoms with van der Waals surface area (Å²) in [5, 5.41) is 0.550. The van der Waals surface area contributed by atoms with Crippen LogP contribution in [0.2, 0.25) is 0 Å². The first-order valence-electron chi connectivity index (χ1n) is 6.48. The lowest BCUT2D eigenvalue weighted by molar-refractivity contribution is -0.0514. The van der Waals surface area contributed by atoms with Crippen molar-refractivity contribution in [1.29, 1.82) is 0 Å². The molecule has 0 bridgehead atoms. The zero-order chi connectivity index (χ0) is 13.5. The van der Waals surface area contributed by atoms with Crippen molar-refractivity contribution in [1.82, 2.24) is 0 Å². The minimum atomic E-state index is -0.557. The van der Waals surface area contributed by atoms with Gasteiger partial charge in [0.15, 0.2) is 5.17 Å². The molecule has 1 fully saturated rings. The first kappa shape index (κ1) is 12.9. The molecule has 2 N–H and O–H groups in total. The third-order valence-electron chi connectivity index (χ3n) is 4.10. The van der Waals surface area contributed by atoms with Gasteiger partial charge in [0.05, 0.1) is 11.6 Å². The monoisotopic (exact) mass is 280 g/mol. The normalized spacial score (nSPS) is 34.5. The number of benzene rings is 1. The van der Waals surface area contributed by atoms with Gasteiger partial charge in [0, 0.05) is 30.3 Å². The van der Waals surface area contributed by atoms with Gasteiger partial charge < -0.3 is 10.5 Å². The van der Waals surface area contributed by atoms with E-state index in [0.29, 0.717) is 23.8 Å². The van der Waals surface area contributed by atoms with Crippen LogP contribution in [0.25, 0.3) is 0 Å². The summed E-state index contributed by atoms with van der Waals surface area (Å²) in [6.45, 7) is 2.63. The number of amidine groups is 1. The van der Waals surface area contributed by atoms with Crippen molar-refractivity contribution in [3.63, 3.8) is 0 Å². The highest BCUT2D eigenvalue weighted by atomic mass is 32.2. The molecule has 5 heteroatoms. The second-order valence-corrected chi connectivity index (χ2v) is 6.14. The Balaban J connectivity index is 2.15. The minimum absolute atomic E-state index is 0.0673. The van der Waals surface area contributed by atoms with E-state index in [-0.39, 0.29) is 17.8 Å². The van der Waals surface area contributed by atoms with Crippen molar-refractivity contribution in [2.75, 3.05) is 12.4 Å². The molecule has 0 amide bonds. The molecule has 1 aromatic rings. The quantitative estimate of drug-likeness (QED) is 0.860. The van der Waals surface area contributed by atoms with E-state index in [9.17, 15) is 4.39 Å². The van der Waals surface area contributed by atoms with Crippen molar-refractivity contribution < 1.29 is 9.13 Å². The summed E-state index contributed by atoms with van der Waals surface area (Å²) in [6.07, 6.45) is 0.752. The molecular weight excluding hydrogens is 263 g/mol. The molecule has 1 aromatic carbocycles. The Morgan fingerprint density at radius 2 is 2.26 bits per heavy atom. The smallest absolute Gasteiger partial charge is 0.154 e. The molecule has 0 radical (unpaired) electrons. The largest absolute Gasteiger partial charge is 0.379 e. The number of halogens is 1. The fourth-order valence-electron chi connectivity index (χ4n) is 3.11. The van der Waals surface area contributed by atoms with Crippen LogP contribution in [0.4, 0.5) is 4.39 Å². The van der Waals surface area contributed by atoms with Crippen molar-refractivity contribution in [2.45, 2.75) is 25.0 Å². The molecule has 2 heterocycles. The third-order valence-corrected chi connectivity index (χ3v) is 5.02. The van der Waals surface area contributed by atoms with Gasteiger partial charge in [0.1, 0.15) is 5.82 Å². The van der Waals surface area contributed by atoms with E-state index in [1.807, 2.05) is 19.1 Å². The van der Waals surface area contributed by atoms with Crippen molar-refractivity contribution in [3.05, 3.63) is 35.6 Å². The van der Waals surface area contributed by atoms with E-state index in [1.165, 1.54) is 17.8 Å². The van der Waals surface area contributed by atoms with Crippen LogP contribution in [-0.4, -0.2) is 23.6 Å². The zero-order valence-electron chi connectivity index (χ0n) is 10.8. The fourth-order valence-corrected chi connectivity index (χ4v) is 4.24. The Bertz CT molecular complexity index is 522. The van der Waals surface area contributed by atoms with Crippen LogP contribution in [0.5, 0.6) is 0 Å². The highest BCUT2D eigenvalue weighted by molar-refractivity contribution is 8.13. The van der Waals surface area contributed by atoms with Gasteiger partial charge in [-0.25, -0.2) is 4.39 Å². The SMILES string of the molecule is C[C@H]1OCCC2(c3ccccc3F)N=C(N)SC[C@H]12. The van der Waals surface area contributed by atoms with E-state index in [1.54, 1.807) is 6.07 Å². The zero-order valence-corrected chi connectivity index (χ0v) is 11.6. The molecule has 1 unspecified atom stereocenters. The lowest BCUT2D eigenvalue weighted by Gasteiger charge is -2.47. The molecule has 19 heavy (non-hydrogen) atoms. The fraction of sp³-hybridized carbons (Fsp3) is 0.500. The molecule has 102 valence electrons. The summed E-state index contributed by atoms with van der Waals surface area (Å²) < 4.78 is 20.0. The van der Waals surface area contributed by atoms with Crippen LogP contribution < -0.4 is 5.73 Å². The topological polar surface area (TPSA) is 47.6 Å². The van der Waals surface area contributed by atoms with Crippen molar-refractivity contribution in [3.8, 4) is 0 Å². The number of thioether (sulfide) groups is 1. The van der Waals surface area contributed by atoms with Crippen LogP contribution >= 0.6 is 11.8 Å². The number of aliphatic imine (C=N–C) groups is 1. The van der Waals surface area contributed by atoms with Gasteiger partial charge >= 0.3 is 0 Å². The summed E-state index contributed by atoms with van der Waals surface area (Å²) in [4.78, 5) is 4.65. The van der Waals surface area contributed by atoms with Crippen LogP contribution in [0, 0.1) is 11.7 Å². The highest BCUT2D eigenvalue weighted by Gasteiger charge is 2.49. The van der Waals surface area contributed by atoms with E-state index >= 15 is 0 Å². The first-order chi connectivity index (χ1) is 9.13. The molecule has 2 aliphatic heterocycles. The van der Waals surface area contributed by atoms with Gasteiger partial charge in [-0.05, 0) is 13.0 Å². The summed E-state index contributed by atoms with van der Waals surface area (Å²) >= 11 is 1.53. The molecule has 0 aliphatic carbocycles. The van der Waals surface area contributed by atoms with Crippen LogP contribution in [0.15, 0.2) is 29.3 Å². The lowest BCUT2D eigenvalue weighted by Crippen LogP contribution is -2.50. The first-order valence-corrected chi connectivity index (χ1v) is 7.47. The lowest BCUT2D eigenvalue weighted by atomic mass is 9.73. The maximum absolute atomic E-state index is 14.2. The predicted molar refractivity (Wildman–Crippen MR) is 75.7 cm³/mol. The van der Waals surface area contributed by atoms with E-state index in [2.05, 4.69) is 4.99 Å². The number of hydrogen-bond donors (Lipinski definition) is 1. The van der Waals surface area contributed by atoms with E-state index in [0.717, 1.165) is 5.75 Å². The molecule has 0 aromatic heterocycles. The Morgan fingerprint density at radius 3 is 3.05 bits per heavy atom. The molecule has 1 saturated heterocycles. The highest BCUT2D eigenvalue weighted by Crippen LogP contribution is 2.48. The Hall–Kier alpha value is -1.07. The van der Waals surface area contributed by atoms with Crippen molar-refractivity contribution >= 4 is 16.9 Å². The van der Waals surface area contributed by atoms with E-state index in [4.69, 9.17) is 10.5 Å². The van der Waals surface area contributed by atoms with Crippen LogP contribution in [-0.2, 0) is 10.3 Å². The van der Waals surface area contributed by atoms with Crippen LogP contribution in [0.3, 0.4) is 0 Å². The summed E-state index contributed by atoms with van der Waals surface area (Å²) in [5.74, 6) is 0.783. The molecule has 0 spiro atoms. The van der Waals surface area contributed by atoms with Gasteiger partial charge in [-0.2, -0.15) is 0 Å². The Kier molecular flexibility index (Phi) is 3.27. The molecular formula is C14H17FN2OS. The molecule has 2 aliphatic rings. The Labute approximate surface area is 116 Å². The van der Waals surface area contributed by atoms with Gasteiger partial charge in [-0.15, -0.1) is 0 Å². The number of ether oxygens (including phenoxy) is 1. The van der Waals surface area contributed by atoms with Gasteiger partial charge in [-0.3, -0.25) is 4.99 Å². The third kappa shape index (κ3) is 2.05. The standard InChI is InChI=1S/C14H17FN2OS/c1-9-11-8-19-13(16)17-14(11,6-7-18-9)10-4-2-3-5-12(10)15/h2-5,9,11H,6-8H2,1H3,(H2,16,17)/t9-,11-,14?/m1/s1. The molecule has 0 saturated carbocycles. The minimum Gasteiger partial charge on any atom is -0.379 e. The molecule has 3 rings (SSSR count). The predicted octanol–water partition coefficient (Wildman–Crippen LogP) is 2.51. The van der Waals surface area contributed by atoms with Crippen molar-refractivity contribution in [2.24, 2.45) is 16.6 Å². The van der Waals surface area contributed by atoms with Gasteiger partial charge in [-0.1, -0.05) is 30.0 Å². The number of nitrogens with two attached hydrogens (primary N) is 1. The van der Waals surface area contributed by atoms with E-state index < -0.39 is 5.54 Å². The number of rotatable bonds is 1. The number of fused-ring (bicyclic) bond motifs is 1. The molecule has 3 nitrogen and oxygen atoms in total. The number of hydrogen-bond acceptors (Lipinski definition) is 4. The maximum Gasteiger partial charge on any atom is 0.154 e. The summed E-state index contributed by atoms with van der Waals surface area (Å²) in [7, 11) is 0. The molecule has 3 atom stereocenters. The summed E-state index contributed by atoms with van der Waals surface area (Å²) in [5.41, 5.74) is 6.00. The Morgan fingerprint density at radius 1 is 1.47 bits per heavy atom. The average molecular weight is 280 g/mol. The second-order valence-electron chi connectivity index (χ2n) is 5.10. The summed E-state index contributed by atoms with van der Waals surface area (Å²) in [6, 6.07) is 6.89. The maximum atomic E-state index is 14.2. The second kappa shape index (κ2) is 4.80. The van der Waals surface area contributed by atoms with Crippen LogP contribution in [0.1, 0.15) is 18.9 Å². The average Bonchev–Trinajstić information content (AvgIpc) is 2.39.